The lowest BCUT2D eigenvalue weighted by molar-refractivity contribution is -0.141. The van der Waals surface area contributed by atoms with E-state index in [1.54, 1.807) is 30.3 Å². The zero-order valence-corrected chi connectivity index (χ0v) is 16.9. The van der Waals surface area contributed by atoms with Gasteiger partial charge in [0.2, 0.25) is 5.91 Å². The average molecular weight is 456 g/mol. The molecule has 30 heavy (non-hydrogen) atoms. The van der Waals surface area contributed by atoms with Gasteiger partial charge in [-0.15, -0.1) is 0 Å². The van der Waals surface area contributed by atoms with Gasteiger partial charge in [0.1, 0.15) is 6.54 Å². The lowest BCUT2D eigenvalue weighted by Crippen LogP contribution is -2.22. The summed E-state index contributed by atoms with van der Waals surface area (Å²) in [6.45, 7) is 0.799. The maximum absolute atomic E-state index is 13.0. The van der Waals surface area contributed by atoms with Crippen LogP contribution in [0.25, 0.3) is 0 Å². The molecule has 1 aromatic heterocycles. The van der Waals surface area contributed by atoms with Crippen LogP contribution in [0.3, 0.4) is 0 Å². The molecule has 2 aromatic carbocycles. The molecule has 10 heteroatoms. The Hall–Kier alpha value is -2.84. The second-order valence-electron chi connectivity index (χ2n) is 6.34. The van der Waals surface area contributed by atoms with Crippen LogP contribution in [0.4, 0.5) is 18.9 Å². The number of nitrogens with one attached hydrogen (secondary N) is 1. The minimum Gasteiger partial charge on any atom is -0.324 e. The highest BCUT2D eigenvalue weighted by molar-refractivity contribution is 6.32. The molecule has 0 spiro atoms. The molecule has 0 aliphatic rings. The van der Waals surface area contributed by atoms with Crippen LogP contribution in [0.2, 0.25) is 10.0 Å². The summed E-state index contributed by atoms with van der Waals surface area (Å²) in [6.07, 6.45) is -4.74. The molecule has 0 aliphatic heterocycles. The van der Waals surface area contributed by atoms with Gasteiger partial charge >= 0.3 is 6.18 Å². The highest BCUT2D eigenvalue weighted by Crippen LogP contribution is 2.35. The molecule has 0 unspecified atom stereocenters. The molecule has 1 N–H and O–H groups in total. The van der Waals surface area contributed by atoms with Crippen molar-refractivity contribution >= 4 is 40.6 Å². The van der Waals surface area contributed by atoms with E-state index in [0.29, 0.717) is 5.56 Å². The molecule has 0 fully saturated rings. The smallest absolute Gasteiger partial charge is 0.324 e. The molecule has 0 bridgehead atoms. The van der Waals surface area contributed by atoms with Crippen LogP contribution in [0.1, 0.15) is 27.3 Å². The monoisotopic (exact) mass is 455 g/mol. The second-order valence-corrected chi connectivity index (χ2v) is 7.15. The van der Waals surface area contributed by atoms with E-state index in [-0.39, 0.29) is 27.8 Å². The number of ketones is 1. The number of hydrogen-bond donors (Lipinski definition) is 1. The summed E-state index contributed by atoms with van der Waals surface area (Å²) >= 11 is 11.7. The van der Waals surface area contributed by atoms with E-state index >= 15 is 0 Å². The third kappa shape index (κ3) is 4.66. The number of hydrogen-bond acceptors (Lipinski definition) is 3. The Morgan fingerprint density at radius 2 is 1.77 bits per heavy atom. The Labute approximate surface area is 179 Å². The highest BCUT2D eigenvalue weighted by atomic mass is 35.5. The quantitative estimate of drug-likeness (QED) is 0.524. The number of amides is 1. The van der Waals surface area contributed by atoms with Crippen LogP contribution in [0, 0.1) is 6.92 Å². The molecule has 0 radical (unpaired) electrons. The van der Waals surface area contributed by atoms with E-state index in [1.165, 1.54) is 25.1 Å². The fraction of sp³-hybridized carbons (Fsp3) is 0.150. The van der Waals surface area contributed by atoms with E-state index in [2.05, 4.69) is 10.4 Å². The number of rotatable bonds is 5. The summed E-state index contributed by atoms with van der Waals surface area (Å²) in [4.78, 5) is 25.3. The average Bonchev–Trinajstić information content (AvgIpc) is 2.98. The number of anilines is 1. The molecule has 3 aromatic rings. The summed E-state index contributed by atoms with van der Waals surface area (Å²) in [5.74, 6) is -1.05. The van der Waals surface area contributed by atoms with Crippen LogP contribution in [0.15, 0.2) is 48.5 Å². The van der Waals surface area contributed by atoms with E-state index in [1.807, 2.05) is 0 Å². The van der Waals surface area contributed by atoms with Crippen LogP contribution in [-0.4, -0.2) is 21.5 Å². The molecule has 0 atom stereocenters. The van der Waals surface area contributed by atoms with Gasteiger partial charge in [-0.25, -0.2) is 0 Å². The predicted octanol–water partition coefficient (Wildman–Crippen LogP) is 5.39. The van der Waals surface area contributed by atoms with Crippen LogP contribution >= 0.6 is 23.2 Å². The van der Waals surface area contributed by atoms with Crippen molar-refractivity contribution in [2.24, 2.45) is 0 Å². The number of carbonyl (C=O) groups excluding carboxylic acids is 2. The van der Waals surface area contributed by atoms with E-state index < -0.39 is 29.3 Å². The lowest BCUT2D eigenvalue weighted by Gasteiger charge is -2.12. The third-order valence-electron chi connectivity index (χ3n) is 4.23. The fourth-order valence-electron chi connectivity index (χ4n) is 2.74. The van der Waals surface area contributed by atoms with Crippen LogP contribution < -0.4 is 5.32 Å². The zero-order valence-electron chi connectivity index (χ0n) is 15.4. The highest BCUT2D eigenvalue weighted by Gasteiger charge is 2.38. The first kappa shape index (κ1) is 21.9. The number of benzene rings is 2. The Kier molecular flexibility index (Phi) is 6.19. The first-order valence-corrected chi connectivity index (χ1v) is 9.32. The minimum atomic E-state index is -4.74. The summed E-state index contributed by atoms with van der Waals surface area (Å²) in [5, 5.41) is 5.64. The first-order valence-electron chi connectivity index (χ1n) is 8.57. The number of carbonyl (C=O) groups is 2. The van der Waals surface area contributed by atoms with Crippen molar-refractivity contribution in [3.05, 3.63) is 81.1 Å². The summed E-state index contributed by atoms with van der Waals surface area (Å²) in [6, 6.07) is 12.7. The largest absolute Gasteiger partial charge is 0.436 e. The number of nitrogens with zero attached hydrogens (tertiary/aromatic N) is 2. The van der Waals surface area contributed by atoms with Gasteiger partial charge in [0.15, 0.2) is 11.5 Å². The number of aromatic nitrogens is 2. The zero-order chi connectivity index (χ0) is 22.1. The Bertz CT molecular complexity index is 1110. The standard InChI is InChI=1S/C20H14Cl2F3N3O2/c1-11-17(22)19(20(23,24)25)27-28(11)10-16(29)26-15-8-7-13(21)9-14(15)18(30)12-5-3-2-4-6-12/h2-9H,10H2,1H3,(H,26,29). The van der Waals surface area contributed by atoms with E-state index in [9.17, 15) is 22.8 Å². The third-order valence-corrected chi connectivity index (χ3v) is 4.92. The van der Waals surface area contributed by atoms with Gasteiger partial charge in [-0.3, -0.25) is 14.3 Å². The van der Waals surface area contributed by atoms with Gasteiger partial charge < -0.3 is 5.32 Å². The van der Waals surface area contributed by atoms with Gasteiger partial charge in [-0.1, -0.05) is 53.5 Å². The molecule has 0 saturated carbocycles. The molecule has 1 heterocycles. The fourth-order valence-corrected chi connectivity index (χ4v) is 3.16. The summed E-state index contributed by atoms with van der Waals surface area (Å²) in [7, 11) is 0. The van der Waals surface area contributed by atoms with Crippen molar-refractivity contribution in [2.75, 3.05) is 5.32 Å². The van der Waals surface area contributed by atoms with Crippen LogP contribution in [0.5, 0.6) is 0 Å². The van der Waals surface area contributed by atoms with Crippen molar-refractivity contribution in [2.45, 2.75) is 19.6 Å². The van der Waals surface area contributed by atoms with E-state index in [4.69, 9.17) is 23.2 Å². The Morgan fingerprint density at radius 1 is 1.10 bits per heavy atom. The van der Waals surface area contributed by atoms with Gasteiger partial charge in [0.05, 0.1) is 16.4 Å². The van der Waals surface area contributed by atoms with Crippen molar-refractivity contribution in [3.63, 3.8) is 0 Å². The molecule has 0 aliphatic carbocycles. The minimum absolute atomic E-state index is 0.00386. The van der Waals surface area contributed by atoms with Gasteiger partial charge in [-0.2, -0.15) is 18.3 Å². The van der Waals surface area contributed by atoms with E-state index in [0.717, 1.165) is 4.68 Å². The van der Waals surface area contributed by atoms with Crippen molar-refractivity contribution in [1.29, 1.82) is 0 Å². The maximum atomic E-state index is 13.0. The molecule has 156 valence electrons. The van der Waals surface area contributed by atoms with Crippen molar-refractivity contribution < 1.29 is 22.8 Å². The molecular weight excluding hydrogens is 442 g/mol. The maximum Gasteiger partial charge on any atom is 0.436 e. The Balaban J connectivity index is 1.86. The molecular formula is C20H14Cl2F3N3O2. The van der Waals surface area contributed by atoms with Crippen molar-refractivity contribution in [1.82, 2.24) is 9.78 Å². The summed E-state index contributed by atoms with van der Waals surface area (Å²) in [5.41, 5.74) is -0.560. The number of halogens is 5. The SMILES string of the molecule is Cc1c(Cl)c(C(F)(F)F)nn1CC(=O)Nc1ccc(Cl)cc1C(=O)c1ccccc1. The van der Waals surface area contributed by atoms with Gasteiger partial charge in [-0.05, 0) is 25.1 Å². The first-order chi connectivity index (χ1) is 14.1. The van der Waals surface area contributed by atoms with Gasteiger partial charge in [0, 0.05) is 16.1 Å². The summed E-state index contributed by atoms with van der Waals surface area (Å²) < 4.78 is 39.7. The number of alkyl halides is 3. The molecule has 3 rings (SSSR count). The molecule has 1 amide bonds. The normalized spacial score (nSPS) is 11.4. The molecule has 5 nitrogen and oxygen atoms in total. The topological polar surface area (TPSA) is 64.0 Å². The predicted molar refractivity (Wildman–Crippen MR) is 107 cm³/mol. The lowest BCUT2D eigenvalue weighted by atomic mass is 10.0. The van der Waals surface area contributed by atoms with Crippen molar-refractivity contribution in [3.8, 4) is 0 Å². The molecule has 0 saturated heterocycles. The Morgan fingerprint density at radius 3 is 2.37 bits per heavy atom. The van der Waals surface area contributed by atoms with Crippen LogP contribution in [-0.2, 0) is 17.5 Å². The van der Waals surface area contributed by atoms with Gasteiger partial charge in [0.25, 0.3) is 0 Å². The second kappa shape index (κ2) is 8.49.